The molecular weight excluding hydrogens is 727 g/mol. The van der Waals surface area contributed by atoms with Crippen LogP contribution in [0.5, 0.6) is 0 Å². The van der Waals surface area contributed by atoms with Crippen LogP contribution in [0.25, 0.3) is 88.3 Å². The SMILES string of the molecule is c1ccc(-c2ccc(-c3c4ccccc4cc4c3oc3ccc(-c5ccc(N(c6ccc(-c7ccccc7)cc6)c6ccc(-c7ccccc7)cc6)cc5)cc34)cc2)cc1. The number of nitrogens with zero attached hydrogens (tertiary/aromatic N) is 1. The first-order chi connectivity index (χ1) is 29.7. The van der Waals surface area contributed by atoms with E-state index >= 15 is 0 Å². The first-order valence-electron chi connectivity index (χ1n) is 20.5. The predicted molar refractivity (Wildman–Crippen MR) is 253 cm³/mol. The Hall–Kier alpha value is -7.94. The van der Waals surface area contributed by atoms with E-state index in [1.165, 1.54) is 44.2 Å². The second-order valence-electron chi connectivity index (χ2n) is 15.3. The minimum absolute atomic E-state index is 0.881. The maximum absolute atomic E-state index is 6.77. The molecule has 60 heavy (non-hydrogen) atoms. The summed E-state index contributed by atoms with van der Waals surface area (Å²) in [6, 6.07) is 84.6. The van der Waals surface area contributed by atoms with E-state index in [4.69, 9.17) is 4.42 Å². The van der Waals surface area contributed by atoms with Gasteiger partial charge in [-0.05, 0) is 115 Å². The van der Waals surface area contributed by atoms with Crippen molar-refractivity contribution >= 4 is 49.8 Å². The zero-order valence-electron chi connectivity index (χ0n) is 32.9. The second kappa shape index (κ2) is 15.1. The van der Waals surface area contributed by atoms with Crippen molar-refractivity contribution in [1.82, 2.24) is 0 Å². The van der Waals surface area contributed by atoms with Gasteiger partial charge in [0.2, 0.25) is 0 Å². The van der Waals surface area contributed by atoms with E-state index in [0.717, 1.165) is 61.3 Å². The minimum Gasteiger partial charge on any atom is -0.455 e. The molecule has 0 aliphatic carbocycles. The number of hydrogen-bond acceptors (Lipinski definition) is 2. The molecule has 282 valence electrons. The van der Waals surface area contributed by atoms with Gasteiger partial charge in [-0.25, -0.2) is 0 Å². The van der Waals surface area contributed by atoms with E-state index in [1.54, 1.807) is 0 Å². The zero-order valence-corrected chi connectivity index (χ0v) is 32.9. The summed E-state index contributed by atoms with van der Waals surface area (Å²) >= 11 is 0. The van der Waals surface area contributed by atoms with Crippen molar-refractivity contribution in [2.75, 3.05) is 4.90 Å². The van der Waals surface area contributed by atoms with Crippen LogP contribution in [-0.4, -0.2) is 0 Å². The molecule has 1 heterocycles. The Balaban J connectivity index is 0.969. The van der Waals surface area contributed by atoms with Crippen LogP contribution < -0.4 is 4.90 Å². The number of fused-ring (bicyclic) bond motifs is 4. The van der Waals surface area contributed by atoms with Gasteiger partial charge < -0.3 is 9.32 Å². The molecule has 0 radical (unpaired) electrons. The smallest absolute Gasteiger partial charge is 0.143 e. The summed E-state index contributed by atoms with van der Waals surface area (Å²) in [6.07, 6.45) is 0. The van der Waals surface area contributed by atoms with E-state index in [0.29, 0.717) is 0 Å². The van der Waals surface area contributed by atoms with Crippen LogP contribution in [0.1, 0.15) is 0 Å². The molecule has 2 nitrogen and oxygen atoms in total. The Bertz CT molecular complexity index is 3160. The van der Waals surface area contributed by atoms with Crippen molar-refractivity contribution in [3.05, 3.63) is 237 Å². The summed E-state index contributed by atoms with van der Waals surface area (Å²) in [4.78, 5) is 2.33. The third kappa shape index (κ3) is 6.51. The quantitative estimate of drug-likeness (QED) is 0.153. The highest BCUT2D eigenvalue weighted by molar-refractivity contribution is 6.18. The maximum atomic E-state index is 6.77. The minimum atomic E-state index is 0.881. The fraction of sp³-hybridized carbons (Fsp3) is 0. The van der Waals surface area contributed by atoms with Gasteiger partial charge in [-0.15, -0.1) is 0 Å². The predicted octanol–water partition coefficient (Wildman–Crippen LogP) is 16.5. The van der Waals surface area contributed by atoms with Gasteiger partial charge in [0.25, 0.3) is 0 Å². The molecule has 0 bridgehead atoms. The second-order valence-corrected chi connectivity index (χ2v) is 15.3. The Morgan fingerprint density at radius 2 is 0.650 bits per heavy atom. The molecule has 10 aromatic carbocycles. The molecule has 0 saturated heterocycles. The van der Waals surface area contributed by atoms with Crippen molar-refractivity contribution in [1.29, 1.82) is 0 Å². The van der Waals surface area contributed by atoms with Gasteiger partial charge in [0.15, 0.2) is 0 Å². The van der Waals surface area contributed by atoms with Gasteiger partial charge in [0.05, 0.1) is 0 Å². The highest BCUT2D eigenvalue weighted by Gasteiger charge is 2.18. The van der Waals surface area contributed by atoms with Gasteiger partial charge in [-0.2, -0.15) is 0 Å². The van der Waals surface area contributed by atoms with Crippen molar-refractivity contribution in [3.63, 3.8) is 0 Å². The lowest BCUT2D eigenvalue weighted by atomic mass is 9.93. The summed E-state index contributed by atoms with van der Waals surface area (Å²) in [5, 5.41) is 4.60. The van der Waals surface area contributed by atoms with Crippen molar-refractivity contribution in [3.8, 4) is 55.6 Å². The molecule has 11 aromatic rings. The van der Waals surface area contributed by atoms with Gasteiger partial charge in [-0.1, -0.05) is 182 Å². The topological polar surface area (TPSA) is 16.4 Å². The van der Waals surface area contributed by atoms with Crippen LogP contribution in [0.2, 0.25) is 0 Å². The largest absolute Gasteiger partial charge is 0.455 e. The van der Waals surface area contributed by atoms with Crippen LogP contribution in [0.15, 0.2) is 241 Å². The van der Waals surface area contributed by atoms with Crippen LogP contribution in [0, 0.1) is 0 Å². The third-order valence-electron chi connectivity index (χ3n) is 11.7. The fourth-order valence-corrected chi connectivity index (χ4v) is 8.62. The third-order valence-corrected chi connectivity index (χ3v) is 11.7. The Morgan fingerprint density at radius 1 is 0.267 bits per heavy atom. The lowest BCUT2D eigenvalue weighted by Gasteiger charge is -2.26. The summed E-state index contributed by atoms with van der Waals surface area (Å²) in [6.45, 7) is 0. The number of rotatable bonds is 8. The van der Waals surface area contributed by atoms with Crippen LogP contribution in [-0.2, 0) is 0 Å². The Kier molecular flexibility index (Phi) is 8.87. The van der Waals surface area contributed by atoms with Gasteiger partial charge >= 0.3 is 0 Å². The highest BCUT2D eigenvalue weighted by Crippen LogP contribution is 2.43. The summed E-state index contributed by atoms with van der Waals surface area (Å²) < 4.78 is 6.77. The van der Waals surface area contributed by atoms with E-state index in [2.05, 4.69) is 241 Å². The van der Waals surface area contributed by atoms with Gasteiger partial charge in [0, 0.05) is 33.4 Å². The molecule has 2 heteroatoms. The monoisotopic (exact) mass is 765 g/mol. The summed E-state index contributed by atoms with van der Waals surface area (Å²) in [5.41, 5.74) is 16.8. The van der Waals surface area contributed by atoms with Gasteiger partial charge in [-0.3, -0.25) is 0 Å². The van der Waals surface area contributed by atoms with E-state index in [-0.39, 0.29) is 0 Å². The first-order valence-corrected chi connectivity index (χ1v) is 20.5. The average molecular weight is 766 g/mol. The molecule has 0 N–H and O–H groups in total. The average Bonchev–Trinajstić information content (AvgIpc) is 3.70. The Morgan fingerprint density at radius 3 is 1.15 bits per heavy atom. The zero-order chi connectivity index (χ0) is 39.8. The van der Waals surface area contributed by atoms with Gasteiger partial charge in [0.1, 0.15) is 11.2 Å². The number of benzene rings is 10. The summed E-state index contributed by atoms with van der Waals surface area (Å²) in [7, 11) is 0. The number of hydrogen-bond donors (Lipinski definition) is 0. The van der Waals surface area contributed by atoms with E-state index < -0.39 is 0 Å². The lowest BCUT2D eigenvalue weighted by Crippen LogP contribution is -2.09. The Labute approximate surface area is 349 Å². The van der Waals surface area contributed by atoms with E-state index in [9.17, 15) is 0 Å². The molecule has 0 fully saturated rings. The first kappa shape index (κ1) is 35.2. The van der Waals surface area contributed by atoms with Crippen LogP contribution in [0.3, 0.4) is 0 Å². The number of anilines is 3. The van der Waals surface area contributed by atoms with Crippen molar-refractivity contribution in [2.24, 2.45) is 0 Å². The van der Waals surface area contributed by atoms with Crippen molar-refractivity contribution < 1.29 is 4.42 Å². The van der Waals surface area contributed by atoms with Crippen LogP contribution >= 0.6 is 0 Å². The molecule has 11 rings (SSSR count). The van der Waals surface area contributed by atoms with E-state index in [1.807, 2.05) is 0 Å². The molecule has 0 aliphatic rings. The molecule has 0 saturated carbocycles. The maximum Gasteiger partial charge on any atom is 0.143 e. The standard InChI is InChI=1S/C58H39NO/c1-4-12-40(13-5-1)43-20-22-47(23-21-43)57-53-19-11-10-18-49(53)39-55-54-38-48(30-37-56(54)60-58(55)57)46-28-35-52(36-29-46)59(50-31-24-44(25-32-50)41-14-6-2-7-15-41)51-33-26-45(27-34-51)42-16-8-3-9-17-42/h1-39H. The lowest BCUT2D eigenvalue weighted by molar-refractivity contribution is 0.670. The highest BCUT2D eigenvalue weighted by atomic mass is 16.3. The molecule has 0 unspecified atom stereocenters. The number of furan rings is 1. The summed E-state index contributed by atoms with van der Waals surface area (Å²) in [5.74, 6) is 0. The molecule has 0 amide bonds. The molecular formula is C58H39NO. The molecule has 1 aromatic heterocycles. The van der Waals surface area contributed by atoms with Crippen LogP contribution in [0.4, 0.5) is 17.1 Å². The fourth-order valence-electron chi connectivity index (χ4n) is 8.62. The van der Waals surface area contributed by atoms with Crippen molar-refractivity contribution in [2.45, 2.75) is 0 Å². The molecule has 0 aliphatic heterocycles. The molecule has 0 spiro atoms. The normalized spacial score (nSPS) is 11.3. The molecule has 0 atom stereocenters.